The number of hydrogen-bond donors (Lipinski definition) is 2. The molecule has 0 atom stereocenters. The van der Waals surface area contributed by atoms with Gasteiger partial charge in [-0.1, -0.05) is 12.1 Å². The predicted octanol–water partition coefficient (Wildman–Crippen LogP) is 4.94. The lowest BCUT2D eigenvalue weighted by Gasteiger charge is -2.29. The molecule has 132 valence electrons. The molecule has 25 heavy (non-hydrogen) atoms. The lowest BCUT2D eigenvalue weighted by molar-refractivity contribution is 0.141. The highest BCUT2D eigenvalue weighted by atomic mass is 127. The van der Waals surface area contributed by atoms with Crippen molar-refractivity contribution in [3.8, 4) is 5.75 Å². The molecule has 2 aromatic carbocycles. The van der Waals surface area contributed by atoms with E-state index in [1.165, 1.54) is 12.1 Å². The zero-order chi connectivity index (χ0) is 17.6. The monoisotopic (exact) mass is 454 g/mol. The van der Waals surface area contributed by atoms with Gasteiger partial charge in [0, 0.05) is 9.61 Å². The Labute approximate surface area is 160 Å². The van der Waals surface area contributed by atoms with E-state index in [2.05, 4.69) is 33.2 Å². The van der Waals surface area contributed by atoms with Crippen molar-refractivity contribution in [2.75, 3.05) is 5.32 Å². The molecule has 1 aliphatic carbocycles. The second-order valence-electron chi connectivity index (χ2n) is 6.12. The summed E-state index contributed by atoms with van der Waals surface area (Å²) in [6.07, 6.45) is 3.58. The van der Waals surface area contributed by atoms with E-state index in [4.69, 9.17) is 4.74 Å². The Hall–Kier alpha value is -1.83. The Bertz CT molecular complexity index is 716. The van der Waals surface area contributed by atoms with E-state index in [0.717, 1.165) is 34.9 Å². The topological polar surface area (TPSA) is 50.4 Å². The second kappa shape index (κ2) is 8.51. The lowest BCUT2D eigenvalue weighted by atomic mass is 9.93. The van der Waals surface area contributed by atoms with Crippen LogP contribution in [0.4, 0.5) is 14.9 Å². The zero-order valence-electron chi connectivity index (χ0n) is 13.7. The number of rotatable bonds is 4. The quantitative estimate of drug-likeness (QED) is 0.643. The molecule has 0 saturated heterocycles. The Morgan fingerprint density at radius 2 is 1.72 bits per heavy atom. The van der Waals surface area contributed by atoms with Crippen LogP contribution < -0.4 is 15.4 Å². The number of benzene rings is 2. The number of halogens is 2. The molecule has 4 nitrogen and oxygen atoms in total. The predicted molar refractivity (Wildman–Crippen MR) is 104 cm³/mol. The summed E-state index contributed by atoms with van der Waals surface area (Å²) < 4.78 is 19.8. The first-order valence-corrected chi connectivity index (χ1v) is 9.42. The first kappa shape index (κ1) is 18.0. The van der Waals surface area contributed by atoms with Gasteiger partial charge in [0.1, 0.15) is 11.6 Å². The van der Waals surface area contributed by atoms with Crippen molar-refractivity contribution in [2.45, 2.75) is 37.8 Å². The van der Waals surface area contributed by atoms with Crippen LogP contribution >= 0.6 is 22.6 Å². The molecule has 2 aromatic rings. The summed E-state index contributed by atoms with van der Waals surface area (Å²) >= 11 is 2.20. The number of nitrogens with one attached hydrogen (secondary N) is 2. The van der Waals surface area contributed by atoms with Gasteiger partial charge in [-0.05, 0) is 84.7 Å². The molecule has 0 bridgehead atoms. The van der Waals surface area contributed by atoms with Crippen molar-refractivity contribution in [3.05, 3.63) is 57.9 Å². The summed E-state index contributed by atoms with van der Waals surface area (Å²) in [4.78, 5) is 12.1. The van der Waals surface area contributed by atoms with Crippen LogP contribution in [0.15, 0.2) is 48.5 Å². The van der Waals surface area contributed by atoms with Crippen LogP contribution in [0.3, 0.4) is 0 Å². The molecule has 2 amide bonds. The largest absolute Gasteiger partial charge is 0.490 e. The molecule has 0 unspecified atom stereocenters. The molecule has 2 N–H and O–H groups in total. The van der Waals surface area contributed by atoms with Gasteiger partial charge < -0.3 is 15.4 Å². The van der Waals surface area contributed by atoms with Gasteiger partial charge in [0.25, 0.3) is 0 Å². The normalized spacial score (nSPS) is 19.9. The SMILES string of the molecule is O=C(Nc1ccccc1I)N[C@H]1CC[C@@H](Oc2ccc(F)cc2)CC1. The molecule has 0 aliphatic heterocycles. The van der Waals surface area contributed by atoms with Gasteiger partial charge in [-0.3, -0.25) is 0 Å². The molecule has 0 spiro atoms. The summed E-state index contributed by atoms with van der Waals surface area (Å²) in [6.45, 7) is 0. The standard InChI is InChI=1S/C19H20FIN2O2/c20-13-5-9-15(10-6-13)25-16-11-7-14(8-12-16)22-19(24)23-18-4-2-1-3-17(18)21/h1-6,9-10,14,16H,7-8,11-12H2,(H2,22,23,24)/t14-,16+. The molecular formula is C19H20FIN2O2. The maximum atomic E-state index is 12.9. The molecule has 1 aliphatic rings. The van der Waals surface area contributed by atoms with E-state index >= 15 is 0 Å². The van der Waals surface area contributed by atoms with E-state index < -0.39 is 0 Å². The van der Waals surface area contributed by atoms with E-state index in [0.29, 0.717) is 5.75 Å². The van der Waals surface area contributed by atoms with E-state index in [1.54, 1.807) is 12.1 Å². The van der Waals surface area contributed by atoms with Crippen molar-refractivity contribution >= 4 is 34.3 Å². The number of carbonyl (C=O) groups is 1. The Kier molecular flexibility index (Phi) is 6.12. The maximum absolute atomic E-state index is 12.9. The van der Waals surface area contributed by atoms with Gasteiger partial charge in [0.05, 0.1) is 11.8 Å². The van der Waals surface area contributed by atoms with Crippen LogP contribution in [-0.2, 0) is 0 Å². The molecule has 3 rings (SSSR count). The van der Waals surface area contributed by atoms with Gasteiger partial charge in [-0.25, -0.2) is 9.18 Å². The average molecular weight is 454 g/mol. The third-order valence-electron chi connectivity index (χ3n) is 4.25. The third-order valence-corrected chi connectivity index (χ3v) is 5.19. The summed E-state index contributed by atoms with van der Waals surface area (Å²) in [6, 6.07) is 13.7. The highest BCUT2D eigenvalue weighted by Crippen LogP contribution is 2.24. The summed E-state index contributed by atoms with van der Waals surface area (Å²) in [5.41, 5.74) is 0.814. The number of urea groups is 1. The molecule has 6 heteroatoms. The maximum Gasteiger partial charge on any atom is 0.319 e. The number of para-hydroxylation sites is 1. The van der Waals surface area contributed by atoms with Crippen molar-refractivity contribution in [1.82, 2.24) is 5.32 Å². The van der Waals surface area contributed by atoms with Gasteiger partial charge in [0.15, 0.2) is 0 Å². The minimum Gasteiger partial charge on any atom is -0.490 e. The fourth-order valence-electron chi connectivity index (χ4n) is 2.94. The van der Waals surface area contributed by atoms with E-state index in [1.807, 2.05) is 24.3 Å². The van der Waals surface area contributed by atoms with E-state index in [9.17, 15) is 9.18 Å². The average Bonchev–Trinajstić information content (AvgIpc) is 2.61. The van der Waals surface area contributed by atoms with E-state index in [-0.39, 0.29) is 24.0 Å². The number of carbonyl (C=O) groups excluding carboxylic acids is 1. The number of anilines is 1. The molecule has 0 aromatic heterocycles. The third kappa shape index (κ3) is 5.32. The second-order valence-corrected chi connectivity index (χ2v) is 7.29. The van der Waals surface area contributed by atoms with Crippen molar-refractivity contribution in [2.24, 2.45) is 0 Å². The van der Waals surface area contributed by atoms with Crippen LogP contribution in [0.5, 0.6) is 5.75 Å². The lowest BCUT2D eigenvalue weighted by Crippen LogP contribution is -2.41. The number of ether oxygens (including phenoxy) is 1. The van der Waals surface area contributed by atoms with Crippen molar-refractivity contribution in [3.63, 3.8) is 0 Å². The van der Waals surface area contributed by atoms with Crippen LogP contribution in [0.1, 0.15) is 25.7 Å². The molecule has 1 saturated carbocycles. The Balaban J connectivity index is 1.43. The van der Waals surface area contributed by atoms with Crippen LogP contribution in [0.2, 0.25) is 0 Å². The van der Waals surface area contributed by atoms with Crippen LogP contribution in [-0.4, -0.2) is 18.2 Å². The summed E-state index contributed by atoms with van der Waals surface area (Å²) in [5.74, 6) is 0.425. The highest BCUT2D eigenvalue weighted by molar-refractivity contribution is 14.1. The summed E-state index contributed by atoms with van der Waals surface area (Å²) in [5, 5.41) is 5.92. The molecule has 1 fully saturated rings. The fraction of sp³-hybridized carbons (Fsp3) is 0.316. The van der Waals surface area contributed by atoms with Gasteiger partial charge in [-0.2, -0.15) is 0 Å². The molecule has 0 radical (unpaired) electrons. The van der Waals surface area contributed by atoms with Crippen LogP contribution in [0.25, 0.3) is 0 Å². The number of amides is 2. The van der Waals surface area contributed by atoms with Gasteiger partial charge >= 0.3 is 6.03 Å². The van der Waals surface area contributed by atoms with Crippen molar-refractivity contribution in [1.29, 1.82) is 0 Å². The minimum atomic E-state index is -0.264. The fourth-order valence-corrected chi connectivity index (χ4v) is 3.46. The summed E-state index contributed by atoms with van der Waals surface area (Å²) in [7, 11) is 0. The van der Waals surface area contributed by atoms with Gasteiger partial charge in [-0.15, -0.1) is 0 Å². The Morgan fingerprint density at radius 1 is 1.04 bits per heavy atom. The van der Waals surface area contributed by atoms with Crippen molar-refractivity contribution < 1.29 is 13.9 Å². The zero-order valence-corrected chi connectivity index (χ0v) is 15.8. The molecule has 0 heterocycles. The number of hydrogen-bond acceptors (Lipinski definition) is 2. The van der Waals surface area contributed by atoms with Gasteiger partial charge in [0.2, 0.25) is 0 Å². The smallest absolute Gasteiger partial charge is 0.319 e. The molecular weight excluding hydrogens is 434 g/mol. The van der Waals surface area contributed by atoms with Crippen LogP contribution in [0, 0.1) is 9.39 Å². The Morgan fingerprint density at radius 3 is 2.40 bits per heavy atom. The minimum absolute atomic E-state index is 0.113. The first-order chi connectivity index (χ1) is 12.1. The highest BCUT2D eigenvalue weighted by Gasteiger charge is 2.23. The first-order valence-electron chi connectivity index (χ1n) is 8.34.